The van der Waals surface area contributed by atoms with Crippen LogP contribution in [0.25, 0.3) is 0 Å². The fraction of sp³-hybridized carbons (Fsp3) is 0.429. The molecule has 2 heterocycles. The van der Waals surface area contributed by atoms with E-state index in [1.165, 1.54) is 0 Å². The van der Waals surface area contributed by atoms with Crippen LogP contribution >= 0.6 is 11.6 Å². The Hall–Kier alpha value is -1.59. The third-order valence-electron chi connectivity index (χ3n) is 2.97. The molecular weight excluding hydrogens is 276 g/mol. The van der Waals surface area contributed by atoms with Crippen molar-refractivity contribution in [2.24, 2.45) is 12.8 Å². The summed E-state index contributed by atoms with van der Waals surface area (Å²) in [5.41, 5.74) is 8.35. The summed E-state index contributed by atoms with van der Waals surface area (Å²) in [5.74, 6) is 0.702. The molecule has 1 unspecified atom stereocenters. The lowest BCUT2D eigenvalue weighted by molar-refractivity contribution is 0.293. The summed E-state index contributed by atoms with van der Waals surface area (Å²) in [6.45, 7) is 4.19. The topological polar surface area (TPSA) is 66.0 Å². The van der Waals surface area contributed by atoms with Gasteiger partial charge < -0.3 is 10.5 Å². The molecule has 0 aliphatic rings. The second kappa shape index (κ2) is 6.24. The SMILES string of the molecule is Cc1nn(C)c(COc2ccc(CC(C)N)nc2)c1Cl. The van der Waals surface area contributed by atoms with E-state index in [-0.39, 0.29) is 6.04 Å². The van der Waals surface area contributed by atoms with Crippen LogP contribution < -0.4 is 10.5 Å². The first kappa shape index (κ1) is 14.8. The summed E-state index contributed by atoms with van der Waals surface area (Å²) in [5, 5.41) is 4.89. The van der Waals surface area contributed by atoms with Crippen molar-refractivity contribution in [3.8, 4) is 5.75 Å². The lowest BCUT2D eigenvalue weighted by Crippen LogP contribution is -2.18. The molecule has 0 bridgehead atoms. The first-order chi connectivity index (χ1) is 9.47. The summed E-state index contributed by atoms with van der Waals surface area (Å²) >= 11 is 6.17. The predicted octanol–water partition coefficient (Wildman–Crippen LogP) is 2.25. The maximum atomic E-state index is 6.17. The van der Waals surface area contributed by atoms with E-state index >= 15 is 0 Å². The molecule has 0 saturated heterocycles. The van der Waals surface area contributed by atoms with Crippen LogP contribution in [0.4, 0.5) is 0 Å². The summed E-state index contributed by atoms with van der Waals surface area (Å²) in [6, 6.07) is 3.92. The highest BCUT2D eigenvalue weighted by Gasteiger charge is 2.11. The lowest BCUT2D eigenvalue weighted by Gasteiger charge is -2.08. The minimum Gasteiger partial charge on any atom is -0.486 e. The van der Waals surface area contributed by atoms with Gasteiger partial charge in [-0.15, -0.1) is 0 Å². The first-order valence-corrected chi connectivity index (χ1v) is 6.86. The average Bonchev–Trinajstić information content (AvgIpc) is 2.62. The van der Waals surface area contributed by atoms with Crippen molar-refractivity contribution in [1.29, 1.82) is 0 Å². The maximum Gasteiger partial charge on any atom is 0.138 e. The van der Waals surface area contributed by atoms with Gasteiger partial charge in [-0.1, -0.05) is 11.6 Å². The van der Waals surface area contributed by atoms with Crippen molar-refractivity contribution < 1.29 is 4.74 Å². The van der Waals surface area contributed by atoms with Gasteiger partial charge in [-0.2, -0.15) is 5.10 Å². The Kier molecular flexibility index (Phi) is 4.62. The second-order valence-electron chi connectivity index (χ2n) is 4.93. The van der Waals surface area contributed by atoms with Crippen molar-refractivity contribution >= 4 is 11.6 Å². The quantitative estimate of drug-likeness (QED) is 0.918. The number of nitrogens with two attached hydrogens (primary N) is 1. The van der Waals surface area contributed by atoms with Gasteiger partial charge in [0.25, 0.3) is 0 Å². The highest BCUT2D eigenvalue weighted by atomic mass is 35.5. The van der Waals surface area contributed by atoms with Crippen molar-refractivity contribution in [2.45, 2.75) is 32.9 Å². The van der Waals surface area contributed by atoms with Gasteiger partial charge in [0.05, 0.1) is 22.6 Å². The molecule has 20 heavy (non-hydrogen) atoms. The summed E-state index contributed by atoms with van der Waals surface area (Å²) in [7, 11) is 1.85. The number of hydrogen-bond acceptors (Lipinski definition) is 4. The molecule has 0 spiro atoms. The molecule has 108 valence electrons. The van der Waals surface area contributed by atoms with Gasteiger partial charge in [-0.25, -0.2) is 0 Å². The van der Waals surface area contributed by atoms with Crippen LogP contribution in [0.2, 0.25) is 5.02 Å². The fourth-order valence-corrected chi connectivity index (χ4v) is 2.15. The third kappa shape index (κ3) is 3.49. The van der Waals surface area contributed by atoms with Gasteiger partial charge in [0.1, 0.15) is 12.4 Å². The van der Waals surface area contributed by atoms with Crippen LogP contribution in [0.3, 0.4) is 0 Å². The van der Waals surface area contributed by atoms with E-state index in [9.17, 15) is 0 Å². The predicted molar refractivity (Wildman–Crippen MR) is 78.9 cm³/mol. The molecule has 0 fully saturated rings. The van der Waals surface area contributed by atoms with Crippen molar-refractivity contribution in [1.82, 2.24) is 14.8 Å². The highest BCUT2D eigenvalue weighted by Crippen LogP contribution is 2.21. The van der Waals surface area contributed by atoms with Gasteiger partial charge in [0.2, 0.25) is 0 Å². The van der Waals surface area contributed by atoms with Crippen LogP contribution in [0.5, 0.6) is 5.75 Å². The normalized spacial score (nSPS) is 12.4. The zero-order chi connectivity index (χ0) is 14.7. The first-order valence-electron chi connectivity index (χ1n) is 6.48. The second-order valence-corrected chi connectivity index (χ2v) is 5.30. The van der Waals surface area contributed by atoms with Crippen LogP contribution in [0, 0.1) is 6.92 Å². The highest BCUT2D eigenvalue weighted by molar-refractivity contribution is 6.31. The smallest absolute Gasteiger partial charge is 0.138 e. The zero-order valence-corrected chi connectivity index (χ0v) is 12.7. The van der Waals surface area contributed by atoms with Crippen LogP contribution in [-0.2, 0) is 20.1 Å². The Morgan fingerprint density at radius 1 is 1.45 bits per heavy atom. The number of aromatic nitrogens is 3. The number of nitrogens with zero attached hydrogens (tertiary/aromatic N) is 3. The van der Waals surface area contributed by atoms with E-state index in [1.54, 1.807) is 10.9 Å². The molecule has 5 nitrogen and oxygen atoms in total. The molecule has 0 aliphatic carbocycles. The summed E-state index contributed by atoms with van der Waals surface area (Å²) in [4.78, 5) is 4.32. The Balaban J connectivity index is 2.00. The Bertz CT molecular complexity index is 578. The van der Waals surface area contributed by atoms with Gasteiger partial charge in [-0.05, 0) is 26.0 Å². The molecule has 2 aromatic heterocycles. The van der Waals surface area contributed by atoms with E-state index in [0.29, 0.717) is 17.4 Å². The monoisotopic (exact) mass is 294 g/mol. The Labute approximate surface area is 123 Å². The molecule has 2 N–H and O–H groups in total. The van der Waals surface area contributed by atoms with E-state index < -0.39 is 0 Å². The largest absolute Gasteiger partial charge is 0.486 e. The molecule has 1 atom stereocenters. The average molecular weight is 295 g/mol. The zero-order valence-electron chi connectivity index (χ0n) is 11.9. The minimum atomic E-state index is 0.102. The van der Waals surface area contributed by atoms with Crippen LogP contribution in [-0.4, -0.2) is 20.8 Å². The van der Waals surface area contributed by atoms with Gasteiger partial charge >= 0.3 is 0 Å². The Morgan fingerprint density at radius 2 is 2.20 bits per heavy atom. The molecule has 0 aliphatic heterocycles. The van der Waals surface area contributed by atoms with E-state index in [4.69, 9.17) is 22.1 Å². The van der Waals surface area contributed by atoms with E-state index in [0.717, 1.165) is 23.5 Å². The molecule has 6 heteroatoms. The number of halogens is 1. The maximum absolute atomic E-state index is 6.17. The number of rotatable bonds is 5. The molecule has 2 rings (SSSR count). The fourth-order valence-electron chi connectivity index (χ4n) is 1.94. The van der Waals surface area contributed by atoms with Crippen molar-refractivity contribution in [2.75, 3.05) is 0 Å². The summed E-state index contributed by atoms with van der Waals surface area (Å²) < 4.78 is 7.42. The number of pyridine rings is 1. The third-order valence-corrected chi connectivity index (χ3v) is 3.46. The van der Waals surface area contributed by atoms with Crippen LogP contribution in [0.1, 0.15) is 24.0 Å². The van der Waals surface area contributed by atoms with E-state index in [1.807, 2.05) is 33.0 Å². The molecule has 0 aromatic carbocycles. The molecule has 0 radical (unpaired) electrons. The standard InChI is InChI=1S/C14H19ClN4O/c1-9(16)6-11-4-5-12(7-17-11)20-8-13-14(15)10(2)18-19(13)3/h4-5,7,9H,6,8,16H2,1-3H3. The molecular formula is C14H19ClN4O. The van der Waals surface area contributed by atoms with Gasteiger partial charge in [0.15, 0.2) is 0 Å². The van der Waals surface area contributed by atoms with Gasteiger partial charge in [0, 0.05) is 25.2 Å². The minimum absolute atomic E-state index is 0.102. The van der Waals surface area contributed by atoms with Gasteiger partial charge in [-0.3, -0.25) is 9.67 Å². The van der Waals surface area contributed by atoms with Crippen LogP contribution in [0.15, 0.2) is 18.3 Å². The summed E-state index contributed by atoms with van der Waals surface area (Å²) in [6.07, 6.45) is 2.46. The lowest BCUT2D eigenvalue weighted by atomic mass is 10.2. The molecule has 0 amide bonds. The molecule has 2 aromatic rings. The van der Waals surface area contributed by atoms with Crippen molar-refractivity contribution in [3.05, 3.63) is 40.4 Å². The number of ether oxygens (including phenoxy) is 1. The number of hydrogen-bond donors (Lipinski definition) is 1. The Morgan fingerprint density at radius 3 is 2.70 bits per heavy atom. The molecule has 0 saturated carbocycles. The number of aryl methyl sites for hydroxylation is 2. The van der Waals surface area contributed by atoms with E-state index in [2.05, 4.69) is 10.1 Å². The van der Waals surface area contributed by atoms with Crippen molar-refractivity contribution in [3.63, 3.8) is 0 Å².